The highest BCUT2D eigenvalue weighted by atomic mass is 16.2. The molecule has 0 saturated heterocycles. The molecule has 1 heterocycles. The molecule has 6 heteroatoms. The number of carbonyl (C=O) groups excluding carboxylic acids is 1. The predicted molar refractivity (Wildman–Crippen MR) is 91.1 cm³/mol. The Balaban J connectivity index is 2.02. The zero-order valence-electron chi connectivity index (χ0n) is 12.7. The Morgan fingerprint density at radius 1 is 0.875 bits per heavy atom. The SMILES string of the molecule is O=C(c1cc(=O)[nH]c(=O)[nH]1)N(Cc1ccccc1)c1ccccc1. The molecule has 1 amide bonds. The van der Waals surface area contributed by atoms with Gasteiger partial charge in [0.2, 0.25) is 0 Å². The van der Waals surface area contributed by atoms with Gasteiger partial charge in [-0.2, -0.15) is 0 Å². The highest BCUT2D eigenvalue weighted by Crippen LogP contribution is 2.18. The Morgan fingerprint density at radius 3 is 2.12 bits per heavy atom. The maximum atomic E-state index is 12.9. The van der Waals surface area contributed by atoms with Crippen LogP contribution in [-0.2, 0) is 6.54 Å². The summed E-state index contributed by atoms with van der Waals surface area (Å²) in [4.78, 5) is 41.7. The molecular weight excluding hydrogens is 306 g/mol. The van der Waals surface area contributed by atoms with Gasteiger partial charge in [-0.25, -0.2) is 4.79 Å². The van der Waals surface area contributed by atoms with Gasteiger partial charge in [0.05, 0.1) is 6.54 Å². The summed E-state index contributed by atoms with van der Waals surface area (Å²) in [6, 6.07) is 19.7. The van der Waals surface area contributed by atoms with Gasteiger partial charge in [0.15, 0.2) is 0 Å². The molecule has 6 nitrogen and oxygen atoms in total. The van der Waals surface area contributed by atoms with Gasteiger partial charge >= 0.3 is 5.69 Å². The summed E-state index contributed by atoms with van der Waals surface area (Å²) in [5, 5.41) is 0. The van der Waals surface area contributed by atoms with Gasteiger partial charge in [-0.1, -0.05) is 48.5 Å². The molecule has 0 aliphatic rings. The summed E-state index contributed by atoms with van der Waals surface area (Å²) in [5.74, 6) is -0.451. The Hall–Kier alpha value is -3.41. The fraction of sp³-hybridized carbons (Fsp3) is 0.0556. The standard InChI is InChI=1S/C18H15N3O3/c22-16-11-15(19-18(24)20-16)17(23)21(14-9-5-2-6-10-14)12-13-7-3-1-4-8-13/h1-11H,12H2,(H2,19,20,22,24). The Kier molecular flexibility index (Phi) is 4.38. The van der Waals surface area contributed by atoms with Crippen LogP contribution >= 0.6 is 0 Å². The smallest absolute Gasteiger partial charge is 0.303 e. The number of aromatic amines is 2. The van der Waals surface area contributed by atoms with Crippen LogP contribution in [0, 0.1) is 0 Å². The first-order valence-electron chi connectivity index (χ1n) is 7.38. The molecule has 0 unspecified atom stereocenters. The monoisotopic (exact) mass is 321 g/mol. The van der Waals surface area contributed by atoms with Crippen LogP contribution < -0.4 is 16.1 Å². The van der Waals surface area contributed by atoms with Crippen molar-refractivity contribution in [3.05, 3.63) is 98.8 Å². The minimum atomic E-state index is -0.710. The average molecular weight is 321 g/mol. The number of carbonyl (C=O) groups is 1. The van der Waals surface area contributed by atoms with Crippen molar-refractivity contribution < 1.29 is 4.79 Å². The van der Waals surface area contributed by atoms with E-state index in [4.69, 9.17) is 0 Å². The zero-order chi connectivity index (χ0) is 16.9. The van der Waals surface area contributed by atoms with Crippen LogP contribution in [0.3, 0.4) is 0 Å². The van der Waals surface area contributed by atoms with E-state index in [2.05, 4.69) is 9.97 Å². The Morgan fingerprint density at radius 2 is 1.50 bits per heavy atom. The largest absolute Gasteiger partial charge is 0.326 e. The molecule has 0 saturated carbocycles. The quantitative estimate of drug-likeness (QED) is 0.769. The lowest BCUT2D eigenvalue weighted by atomic mass is 10.2. The lowest BCUT2D eigenvalue weighted by molar-refractivity contribution is 0.0979. The number of H-pyrrole nitrogens is 2. The van der Waals surface area contributed by atoms with E-state index in [1.165, 1.54) is 4.90 Å². The first kappa shape index (κ1) is 15.5. The van der Waals surface area contributed by atoms with Gasteiger partial charge in [0, 0.05) is 11.8 Å². The Labute approximate surface area is 137 Å². The highest BCUT2D eigenvalue weighted by molar-refractivity contribution is 6.04. The van der Waals surface area contributed by atoms with Crippen LogP contribution in [0.15, 0.2) is 76.3 Å². The van der Waals surface area contributed by atoms with Crippen molar-refractivity contribution in [3.8, 4) is 0 Å². The summed E-state index contributed by atoms with van der Waals surface area (Å²) >= 11 is 0. The minimum Gasteiger partial charge on any atom is -0.303 e. The van der Waals surface area contributed by atoms with Crippen LogP contribution in [-0.4, -0.2) is 15.9 Å². The first-order valence-corrected chi connectivity index (χ1v) is 7.38. The summed E-state index contributed by atoms with van der Waals surface area (Å²) in [6.07, 6.45) is 0. The van der Waals surface area contributed by atoms with Crippen molar-refractivity contribution in [2.45, 2.75) is 6.54 Å². The van der Waals surface area contributed by atoms with E-state index in [0.29, 0.717) is 12.2 Å². The van der Waals surface area contributed by atoms with E-state index < -0.39 is 17.2 Å². The number of hydrogen-bond acceptors (Lipinski definition) is 3. The normalized spacial score (nSPS) is 10.3. The molecule has 3 aromatic rings. The maximum Gasteiger partial charge on any atom is 0.326 e. The second kappa shape index (κ2) is 6.78. The number of hydrogen-bond donors (Lipinski definition) is 2. The topological polar surface area (TPSA) is 86.0 Å². The third-order valence-corrected chi connectivity index (χ3v) is 3.49. The minimum absolute atomic E-state index is 0.0523. The molecule has 24 heavy (non-hydrogen) atoms. The Bertz CT molecular complexity index is 918. The van der Waals surface area contributed by atoms with E-state index in [9.17, 15) is 14.4 Å². The molecule has 2 aromatic carbocycles. The van der Waals surface area contributed by atoms with Crippen LogP contribution in [0.25, 0.3) is 0 Å². The van der Waals surface area contributed by atoms with Crippen LogP contribution in [0.1, 0.15) is 16.1 Å². The molecular formula is C18H15N3O3. The number of aromatic nitrogens is 2. The number of nitrogens with one attached hydrogen (secondary N) is 2. The molecule has 0 bridgehead atoms. The molecule has 0 radical (unpaired) electrons. The van der Waals surface area contributed by atoms with Crippen LogP contribution in [0.5, 0.6) is 0 Å². The van der Waals surface area contributed by atoms with Crippen LogP contribution in [0.4, 0.5) is 5.69 Å². The van der Waals surface area contributed by atoms with E-state index >= 15 is 0 Å². The highest BCUT2D eigenvalue weighted by Gasteiger charge is 2.19. The molecule has 0 spiro atoms. The summed E-state index contributed by atoms with van der Waals surface area (Å²) in [7, 11) is 0. The second-order valence-electron chi connectivity index (χ2n) is 5.21. The van der Waals surface area contributed by atoms with Crippen molar-refractivity contribution in [2.24, 2.45) is 0 Å². The van der Waals surface area contributed by atoms with Crippen molar-refractivity contribution in [2.75, 3.05) is 4.90 Å². The molecule has 120 valence electrons. The lowest BCUT2D eigenvalue weighted by Gasteiger charge is -2.22. The number of benzene rings is 2. The third-order valence-electron chi connectivity index (χ3n) is 3.49. The fourth-order valence-electron chi connectivity index (χ4n) is 2.38. The molecule has 0 fully saturated rings. The van der Waals surface area contributed by atoms with Gasteiger partial charge in [-0.3, -0.25) is 14.6 Å². The summed E-state index contributed by atoms with van der Waals surface area (Å²) < 4.78 is 0. The number of rotatable bonds is 4. The van der Waals surface area contributed by atoms with Gasteiger partial charge in [-0.05, 0) is 17.7 Å². The molecule has 3 rings (SSSR count). The zero-order valence-corrected chi connectivity index (χ0v) is 12.7. The first-order chi connectivity index (χ1) is 11.6. The van der Waals surface area contributed by atoms with E-state index in [0.717, 1.165) is 11.6 Å². The third kappa shape index (κ3) is 3.49. The van der Waals surface area contributed by atoms with E-state index in [1.54, 1.807) is 12.1 Å². The molecule has 1 aromatic heterocycles. The molecule has 0 atom stereocenters. The lowest BCUT2D eigenvalue weighted by Crippen LogP contribution is -2.34. The molecule has 2 N–H and O–H groups in total. The predicted octanol–water partition coefficient (Wildman–Crippen LogP) is 1.91. The number of amides is 1. The number of nitrogens with zero attached hydrogens (tertiary/aromatic N) is 1. The van der Waals surface area contributed by atoms with Gasteiger partial charge < -0.3 is 9.88 Å². The van der Waals surface area contributed by atoms with Gasteiger partial charge in [0.1, 0.15) is 5.69 Å². The van der Waals surface area contributed by atoms with Crippen molar-refractivity contribution in [3.63, 3.8) is 0 Å². The number of para-hydroxylation sites is 1. The average Bonchev–Trinajstić information content (AvgIpc) is 2.60. The van der Waals surface area contributed by atoms with Crippen molar-refractivity contribution >= 4 is 11.6 Å². The second-order valence-corrected chi connectivity index (χ2v) is 5.21. The van der Waals surface area contributed by atoms with Crippen molar-refractivity contribution in [1.29, 1.82) is 0 Å². The van der Waals surface area contributed by atoms with Crippen LogP contribution in [0.2, 0.25) is 0 Å². The molecule has 0 aliphatic heterocycles. The summed E-state index contributed by atoms with van der Waals surface area (Å²) in [6.45, 7) is 0.318. The summed E-state index contributed by atoms with van der Waals surface area (Å²) in [5.41, 5.74) is 0.228. The van der Waals surface area contributed by atoms with Crippen molar-refractivity contribution in [1.82, 2.24) is 9.97 Å². The number of anilines is 1. The molecule has 0 aliphatic carbocycles. The van der Waals surface area contributed by atoms with Gasteiger partial charge in [-0.15, -0.1) is 0 Å². The van der Waals surface area contributed by atoms with Gasteiger partial charge in [0.25, 0.3) is 11.5 Å². The van der Waals surface area contributed by atoms with E-state index in [1.807, 2.05) is 48.5 Å². The maximum absolute atomic E-state index is 12.9. The van der Waals surface area contributed by atoms with E-state index in [-0.39, 0.29) is 5.69 Å². The fourth-order valence-corrected chi connectivity index (χ4v) is 2.38.